The van der Waals surface area contributed by atoms with E-state index < -0.39 is 11.7 Å². The zero-order valence-corrected chi connectivity index (χ0v) is 11.6. The highest BCUT2D eigenvalue weighted by atomic mass is 19.1. The Hall–Kier alpha value is -2.69. The van der Waals surface area contributed by atoms with Gasteiger partial charge < -0.3 is 10.6 Å². The topological polar surface area (TPSA) is 41.1 Å². The van der Waals surface area contributed by atoms with E-state index in [4.69, 9.17) is 0 Å². The van der Waals surface area contributed by atoms with Crippen LogP contribution in [0.3, 0.4) is 0 Å². The maximum Gasteiger partial charge on any atom is 0.319 e. The summed E-state index contributed by atoms with van der Waals surface area (Å²) >= 11 is 0. The molecule has 1 saturated heterocycles. The van der Waals surface area contributed by atoms with Gasteiger partial charge >= 0.3 is 6.03 Å². The highest BCUT2D eigenvalue weighted by Gasteiger charge is 2.25. The Balaban J connectivity index is 1.83. The molecule has 2 N–H and O–H groups in total. The zero-order chi connectivity index (χ0) is 15.7. The minimum atomic E-state index is -0.607. The van der Waals surface area contributed by atoms with Gasteiger partial charge in [-0.15, -0.1) is 0 Å². The van der Waals surface area contributed by atoms with Gasteiger partial charge in [-0.05, 0) is 23.3 Å². The molecule has 1 aromatic rings. The Morgan fingerprint density at radius 2 is 1.73 bits per heavy atom. The first-order chi connectivity index (χ1) is 10.5. The van der Waals surface area contributed by atoms with E-state index in [1.165, 1.54) is 12.2 Å². The van der Waals surface area contributed by atoms with Crippen molar-refractivity contribution >= 4 is 6.03 Å². The van der Waals surface area contributed by atoms with E-state index in [0.29, 0.717) is 5.70 Å². The van der Waals surface area contributed by atoms with Crippen LogP contribution in [0, 0.1) is 0 Å². The maximum atomic E-state index is 13.5. The summed E-state index contributed by atoms with van der Waals surface area (Å²) in [6, 6.07) is 6.78. The SMILES string of the molecule is C=C1NC(=O)NC1c1ccc(C2C=CC(F)=CC(F)=C2)cc1. The summed E-state index contributed by atoms with van der Waals surface area (Å²) < 4.78 is 26.7. The molecular weight excluding hydrogens is 286 g/mol. The van der Waals surface area contributed by atoms with Crippen molar-refractivity contribution in [3.05, 3.63) is 83.6 Å². The molecule has 1 aliphatic carbocycles. The molecule has 1 aromatic carbocycles. The summed E-state index contributed by atoms with van der Waals surface area (Å²) in [5, 5.41) is 5.35. The fourth-order valence-electron chi connectivity index (χ4n) is 2.53. The lowest BCUT2D eigenvalue weighted by atomic mass is 9.95. The molecule has 3 rings (SSSR count). The van der Waals surface area contributed by atoms with Crippen molar-refractivity contribution in [3.63, 3.8) is 0 Å². The third kappa shape index (κ3) is 2.83. The van der Waals surface area contributed by atoms with Crippen LogP contribution in [-0.4, -0.2) is 6.03 Å². The largest absolute Gasteiger partial charge is 0.325 e. The number of halogens is 2. The summed E-state index contributed by atoms with van der Waals surface area (Å²) in [6.45, 7) is 3.79. The van der Waals surface area contributed by atoms with Gasteiger partial charge in [0.1, 0.15) is 11.7 Å². The highest BCUT2D eigenvalue weighted by molar-refractivity contribution is 5.80. The van der Waals surface area contributed by atoms with E-state index in [1.54, 1.807) is 6.08 Å². The summed E-state index contributed by atoms with van der Waals surface area (Å²) in [7, 11) is 0. The van der Waals surface area contributed by atoms with Gasteiger partial charge in [-0.1, -0.05) is 36.9 Å². The van der Waals surface area contributed by atoms with Crippen LogP contribution < -0.4 is 10.6 Å². The van der Waals surface area contributed by atoms with Crippen molar-refractivity contribution in [2.45, 2.75) is 12.0 Å². The zero-order valence-electron chi connectivity index (χ0n) is 11.6. The second kappa shape index (κ2) is 5.60. The number of hydrogen-bond donors (Lipinski definition) is 2. The molecule has 22 heavy (non-hydrogen) atoms. The van der Waals surface area contributed by atoms with E-state index in [2.05, 4.69) is 17.2 Å². The molecule has 0 bridgehead atoms. The molecule has 112 valence electrons. The monoisotopic (exact) mass is 300 g/mol. The quantitative estimate of drug-likeness (QED) is 0.854. The first kappa shape index (κ1) is 14.3. The number of nitrogens with one attached hydrogen (secondary N) is 2. The molecule has 0 spiro atoms. The average molecular weight is 300 g/mol. The van der Waals surface area contributed by atoms with Crippen molar-refractivity contribution in [1.29, 1.82) is 0 Å². The van der Waals surface area contributed by atoms with Crippen LogP contribution in [0.2, 0.25) is 0 Å². The third-order valence-corrected chi connectivity index (χ3v) is 3.63. The number of amides is 2. The standard InChI is InChI=1S/C17H14F2N2O/c1-10-16(21-17(22)20-10)12-4-2-11(3-5-12)13-6-7-14(18)9-15(19)8-13/h2-9,13,16H,1H2,(H2,20,21,22). The van der Waals surface area contributed by atoms with Gasteiger partial charge in [0.2, 0.25) is 0 Å². The lowest BCUT2D eigenvalue weighted by molar-refractivity contribution is 0.247. The predicted octanol–water partition coefficient (Wildman–Crippen LogP) is 3.91. The Kier molecular flexibility index (Phi) is 3.63. The van der Waals surface area contributed by atoms with Crippen molar-refractivity contribution in [2.24, 2.45) is 0 Å². The Bertz CT molecular complexity index is 717. The normalized spacial score (nSPS) is 24.3. The maximum absolute atomic E-state index is 13.5. The first-order valence-corrected chi connectivity index (χ1v) is 6.82. The van der Waals surface area contributed by atoms with Gasteiger partial charge in [0.15, 0.2) is 0 Å². The molecular formula is C17H14F2N2O. The highest BCUT2D eigenvalue weighted by Crippen LogP contribution is 2.28. The molecule has 2 unspecified atom stereocenters. The molecule has 1 heterocycles. The van der Waals surface area contributed by atoms with Gasteiger partial charge in [0.25, 0.3) is 0 Å². The summed E-state index contributed by atoms with van der Waals surface area (Å²) in [4.78, 5) is 11.3. The van der Waals surface area contributed by atoms with Crippen molar-refractivity contribution in [2.75, 3.05) is 0 Å². The van der Waals surface area contributed by atoms with E-state index in [0.717, 1.165) is 17.2 Å². The van der Waals surface area contributed by atoms with Crippen LogP contribution >= 0.6 is 0 Å². The molecule has 1 fully saturated rings. The lowest BCUT2D eigenvalue weighted by Gasteiger charge is -2.13. The first-order valence-electron chi connectivity index (χ1n) is 6.82. The summed E-state index contributed by atoms with van der Waals surface area (Å²) in [6.07, 6.45) is 5.07. The number of benzene rings is 1. The van der Waals surface area contributed by atoms with Gasteiger partial charge in [0.05, 0.1) is 6.04 Å². The van der Waals surface area contributed by atoms with Gasteiger partial charge in [-0.3, -0.25) is 0 Å². The van der Waals surface area contributed by atoms with Gasteiger partial charge in [-0.2, -0.15) is 0 Å². The number of rotatable bonds is 2. The van der Waals surface area contributed by atoms with Crippen LogP contribution in [-0.2, 0) is 0 Å². The molecule has 2 atom stereocenters. The molecule has 3 nitrogen and oxygen atoms in total. The van der Waals surface area contributed by atoms with Crippen molar-refractivity contribution < 1.29 is 13.6 Å². The Labute approximate surface area is 126 Å². The second-order valence-electron chi connectivity index (χ2n) is 5.19. The Morgan fingerprint density at radius 1 is 1.05 bits per heavy atom. The number of carbonyl (C=O) groups is 1. The molecule has 1 aliphatic heterocycles. The molecule has 0 radical (unpaired) electrons. The third-order valence-electron chi connectivity index (χ3n) is 3.63. The van der Waals surface area contributed by atoms with Crippen LogP contribution in [0.4, 0.5) is 13.6 Å². The fourth-order valence-corrected chi connectivity index (χ4v) is 2.53. The number of hydrogen-bond acceptors (Lipinski definition) is 1. The lowest BCUT2D eigenvalue weighted by Crippen LogP contribution is -2.21. The average Bonchev–Trinajstić information content (AvgIpc) is 2.71. The summed E-state index contributed by atoms with van der Waals surface area (Å²) in [5.74, 6) is -1.54. The minimum absolute atomic E-state index is 0.280. The van der Waals surface area contributed by atoms with Crippen molar-refractivity contribution in [3.8, 4) is 0 Å². The molecule has 2 aliphatic rings. The number of urea groups is 1. The number of carbonyl (C=O) groups excluding carboxylic acids is 1. The van der Waals surface area contributed by atoms with Gasteiger partial charge in [0, 0.05) is 17.7 Å². The predicted molar refractivity (Wildman–Crippen MR) is 80.3 cm³/mol. The van der Waals surface area contributed by atoms with E-state index in [1.807, 2.05) is 24.3 Å². The van der Waals surface area contributed by atoms with Crippen molar-refractivity contribution in [1.82, 2.24) is 10.6 Å². The molecule has 0 saturated carbocycles. The summed E-state index contributed by atoms with van der Waals surface area (Å²) in [5.41, 5.74) is 2.30. The number of allylic oxidation sites excluding steroid dienone is 6. The minimum Gasteiger partial charge on any atom is -0.325 e. The molecule has 2 amide bonds. The van der Waals surface area contributed by atoms with Gasteiger partial charge in [-0.25, -0.2) is 13.6 Å². The second-order valence-corrected chi connectivity index (χ2v) is 5.19. The van der Waals surface area contributed by atoms with Crippen LogP contribution in [0.15, 0.2) is 72.5 Å². The van der Waals surface area contributed by atoms with Crippen LogP contribution in [0.25, 0.3) is 0 Å². The fraction of sp³-hybridized carbons (Fsp3) is 0.118. The van der Waals surface area contributed by atoms with E-state index in [9.17, 15) is 13.6 Å². The molecule has 0 aromatic heterocycles. The Morgan fingerprint density at radius 3 is 2.36 bits per heavy atom. The van der Waals surface area contributed by atoms with E-state index in [-0.39, 0.29) is 18.0 Å². The molecule has 5 heteroatoms. The van der Waals surface area contributed by atoms with Crippen LogP contribution in [0.5, 0.6) is 0 Å². The van der Waals surface area contributed by atoms with E-state index >= 15 is 0 Å². The van der Waals surface area contributed by atoms with Crippen LogP contribution in [0.1, 0.15) is 23.1 Å². The smallest absolute Gasteiger partial charge is 0.319 e.